The van der Waals surface area contributed by atoms with Crippen LogP contribution in [0.5, 0.6) is 0 Å². The van der Waals surface area contributed by atoms with Crippen LogP contribution in [0.15, 0.2) is 65.1 Å². The number of ketones is 1. The minimum atomic E-state index is -5.37. The first-order chi connectivity index (χ1) is 15.5. The lowest BCUT2D eigenvalue weighted by molar-refractivity contribution is -0.288. The molecule has 0 unspecified atom stereocenters. The maximum atomic E-state index is 14.0. The summed E-state index contributed by atoms with van der Waals surface area (Å²) in [5.41, 5.74) is -3.58. The summed E-state index contributed by atoms with van der Waals surface area (Å²) in [6.45, 7) is 0. The van der Waals surface area contributed by atoms with Crippen molar-refractivity contribution in [2.24, 2.45) is 5.92 Å². The lowest BCUT2D eigenvalue weighted by Crippen LogP contribution is -2.72. The first-order valence-electron chi connectivity index (χ1n) is 9.54. The fourth-order valence-corrected chi connectivity index (χ4v) is 4.11. The average molecular weight is 499 g/mol. The van der Waals surface area contributed by atoms with Gasteiger partial charge in [0.1, 0.15) is 23.5 Å². The Bertz CT molecular complexity index is 1220. The van der Waals surface area contributed by atoms with Crippen molar-refractivity contribution in [3.05, 3.63) is 82.0 Å². The van der Waals surface area contributed by atoms with Crippen LogP contribution in [0, 0.1) is 5.92 Å². The monoisotopic (exact) mass is 498 g/mol. The molecule has 0 spiro atoms. The summed E-state index contributed by atoms with van der Waals surface area (Å²) >= 11 is 12.2. The summed E-state index contributed by atoms with van der Waals surface area (Å²) in [4.78, 5) is 25.3. The molecule has 33 heavy (non-hydrogen) atoms. The average Bonchev–Trinajstić information content (AvgIpc) is 3.24. The lowest BCUT2D eigenvalue weighted by atomic mass is 9.79. The van der Waals surface area contributed by atoms with E-state index in [1.807, 2.05) is 0 Å². The number of carbonyl (C=O) groups is 2. The zero-order valence-electron chi connectivity index (χ0n) is 16.5. The number of amides is 2. The minimum absolute atomic E-state index is 0.0854. The number of nitrogens with one attached hydrogen (secondary N) is 2. The van der Waals surface area contributed by atoms with Gasteiger partial charge in [0.2, 0.25) is 5.72 Å². The van der Waals surface area contributed by atoms with Crippen molar-refractivity contribution in [2.75, 3.05) is 0 Å². The van der Waals surface area contributed by atoms with E-state index >= 15 is 0 Å². The van der Waals surface area contributed by atoms with Gasteiger partial charge in [0.05, 0.1) is 10.0 Å². The molecule has 4 rings (SSSR count). The molecule has 3 N–H and O–H groups in total. The van der Waals surface area contributed by atoms with E-state index in [4.69, 9.17) is 27.6 Å². The van der Waals surface area contributed by atoms with Gasteiger partial charge in [0.15, 0.2) is 5.78 Å². The van der Waals surface area contributed by atoms with E-state index in [1.165, 1.54) is 41.7 Å². The lowest BCUT2D eigenvalue weighted by Gasteiger charge is -2.44. The highest BCUT2D eigenvalue weighted by atomic mass is 35.5. The molecule has 0 bridgehead atoms. The standard InChI is InChI=1S/C22H15Cl2F3N2O4/c23-13-8-4-7-12(17(13)24)14-9-10-15(33-14)18-16(19(30)11-5-2-1-3-6-11)21(32,22(25,26)27)29-20(31)28-18/h1-10,16,18,32H,(H2,28,29,31)/t16-,18-,21+/m0/s1. The second-order valence-electron chi connectivity index (χ2n) is 7.35. The van der Waals surface area contributed by atoms with Crippen LogP contribution in [0.1, 0.15) is 22.2 Å². The summed E-state index contributed by atoms with van der Waals surface area (Å²) < 4.78 is 47.6. The highest BCUT2D eigenvalue weighted by molar-refractivity contribution is 6.43. The Morgan fingerprint density at radius 3 is 2.39 bits per heavy atom. The molecule has 0 radical (unpaired) electrons. The van der Waals surface area contributed by atoms with E-state index < -0.39 is 35.7 Å². The zero-order valence-corrected chi connectivity index (χ0v) is 18.0. The van der Waals surface area contributed by atoms with Crippen molar-refractivity contribution in [3.8, 4) is 11.3 Å². The van der Waals surface area contributed by atoms with E-state index in [2.05, 4.69) is 5.32 Å². The Labute approximate surface area is 195 Å². The molecule has 2 heterocycles. The van der Waals surface area contributed by atoms with Gasteiger partial charge in [-0.05, 0) is 24.3 Å². The number of alkyl halides is 3. The Morgan fingerprint density at radius 2 is 1.73 bits per heavy atom. The third-order valence-corrected chi connectivity index (χ3v) is 6.12. The number of urea groups is 1. The maximum absolute atomic E-state index is 14.0. The largest absolute Gasteiger partial charge is 0.459 e. The fourth-order valence-electron chi connectivity index (χ4n) is 3.72. The summed E-state index contributed by atoms with van der Waals surface area (Å²) in [6, 6.07) is 11.6. The number of Topliss-reactive ketones (excluding diaryl/α,β-unsaturated/α-hetero) is 1. The van der Waals surface area contributed by atoms with Crippen LogP contribution in [0.4, 0.5) is 18.0 Å². The Hall–Kier alpha value is -3.01. The van der Waals surface area contributed by atoms with Crippen molar-refractivity contribution in [1.82, 2.24) is 10.6 Å². The first kappa shape index (κ1) is 23.2. The van der Waals surface area contributed by atoms with E-state index in [0.29, 0.717) is 5.56 Å². The molecule has 11 heteroatoms. The third kappa shape index (κ3) is 4.07. The van der Waals surface area contributed by atoms with Crippen molar-refractivity contribution in [3.63, 3.8) is 0 Å². The molecule has 0 aliphatic carbocycles. The van der Waals surface area contributed by atoms with Gasteiger partial charge < -0.3 is 20.2 Å². The maximum Gasteiger partial charge on any atom is 0.437 e. The molecule has 0 saturated carbocycles. The van der Waals surface area contributed by atoms with Crippen molar-refractivity contribution < 1.29 is 32.3 Å². The second kappa shape index (κ2) is 8.40. The van der Waals surface area contributed by atoms with E-state index in [1.54, 1.807) is 24.3 Å². The van der Waals surface area contributed by atoms with Crippen LogP contribution >= 0.6 is 23.2 Å². The molecule has 1 aliphatic rings. The van der Waals surface area contributed by atoms with Crippen LogP contribution in [0.3, 0.4) is 0 Å². The highest BCUT2D eigenvalue weighted by Gasteiger charge is 2.66. The van der Waals surface area contributed by atoms with Crippen molar-refractivity contribution >= 4 is 35.0 Å². The number of carbonyl (C=O) groups excluding carboxylic acids is 2. The topological polar surface area (TPSA) is 91.6 Å². The molecule has 172 valence electrons. The van der Waals surface area contributed by atoms with Gasteiger partial charge in [0.25, 0.3) is 0 Å². The zero-order chi connectivity index (χ0) is 24.0. The molecular formula is C22H15Cl2F3N2O4. The number of rotatable bonds is 4. The SMILES string of the molecule is O=C1N[C@@H](c2ccc(-c3cccc(Cl)c3Cl)o2)[C@@H](C(=O)c2ccccc2)[C@@](O)(C(F)(F)F)N1. The second-order valence-corrected chi connectivity index (χ2v) is 8.14. The van der Waals surface area contributed by atoms with Gasteiger partial charge in [-0.1, -0.05) is 59.6 Å². The quantitative estimate of drug-likeness (QED) is 0.422. The molecule has 6 nitrogen and oxygen atoms in total. The number of hydrogen-bond acceptors (Lipinski definition) is 4. The predicted octanol–water partition coefficient (Wildman–Crippen LogP) is 5.36. The molecule has 1 saturated heterocycles. The number of aliphatic hydroxyl groups is 1. The van der Waals surface area contributed by atoms with Gasteiger partial charge in [-0.2, -0.15) is 13.2 Å². The minimum Gasteiger partial charge on any atom is -0.459 e. The molecule has 2 amide bonds. The van der Waals surface area contributed by atoms with Gasteiger partial charge in [-0.15, -0.1) is 0 Å². The molecule has 1 aliphatic heterocycles. The fraction of sp³-hybridized carbons (Fsp3) is 0.182. The van der Waals surface area contributed by atoms with Crippen LogP contribution < -0.4 is 10.6 Å². The smallest absolute Gasteiger partial charge is 0.437 e. The Balaban J connectivity index is 1.83. The summed E-state index contributed by atoms with van der Waals surface area (Å²) in [7, 11) is 0. The van der Waals surface area contributed by atoms with E-state index in [-0.39, 0.29) is 27.1 Å². The predicted molar refractivity (Wildman–Crippen MR) is 114 cm³/mol. The number of hydrogen-bond donors (Lipinski definition) is 3. The molecule has 3 aromatic rings. The summed E-state index contributed by atoms with van der Waals surface area (Å²) in [6.07, 6.45) is -5.37. The Kier molecular flexibility index (Phi) is 5.90. The molecule has 1 fully saturated rings. The van der Waals surface area contributed by atoms with Crippen LogP contribution in [-0.2, 0) is 0 Å². The van der Waals surface area contributed by atoms with E-state index in [9.17, 15) is 27.9 Å². The Morgan fingerprint density at radius 1 is 1.03 bits per heavy atom. The number of furan rings is 1. The number of benzene rings is 2. The van der Waals surface area contributed by atoms with Crippen molar-refractivity contribution in [2.45, 2.75) is 17.9 Å². The summed E-state index contributed by atoms with van der Waals surface area (Å²) in [5, 5.41) is 14.7. The van der Waals surface area contributed by atoms with Crippen LogP contribution in [0.2, 0.25) is 10.0 Å². The molecule has 3 atom stereocenters. The van der Waals surface area contributed by atoms with E-state index in [0.717, 1.165) is 0 Å². The van der Waals surface area contributed by atoms with Crippen LogP contribution in [0.25, 0.3) is 11.3 Å². The van der Waals surface area contributed by atoms with Crippen LogP contribution in [-0.4, -0.2) is 28.8 Å². The van der Waals surface area contributed by atoms with Gasteiger partial charge in [0, 0.05) is 11.1 Å². The third-order valence-electron chi connectivity index (χ3n) is 5.30. The first-order valence-corrected chi connectivity index (χ1v) is 10.3. The van der Waals surface area contributed by atoms with Crippen molar-refractivity contribution in [1.29, 1.82) is 0 Å². The van der Waals surface area contributed by atoms with Gasteiger partial charge in [-0.3, -0.25) is 4.79 Å². The molecule has 1 aromatic heterocycles. The van der Waals surface area contributed by atoms with Gasteiger partial charge in [-0.25, -0.2) is 4.79 Å². The molecule has 2 aromatic carbocycles. The molecular weight excluding hydrogens is 484 g/mol. The summed E-state index contributed by atoms with van der Waals surface area (Å²) in [5.74, 6) is -3.29. The number of halogens is 5. The highest BCUT2D eigenvalue weighted by Crippen LogP contribution is 2.45. The van der Waals surface area contributed by atoms with Gasteiger partial charge >= 0.3 is 12.2 Å². The normalized spacial score (nSPS) is 23.0.